The van der Waals surface area contributed by atoms with E-state index in [2.05, 4.69) is 10.6 Å². The highest BCUT2D eigenvalue weighted by molar-refractivity contribution is 7.98. The van der Waals surface area contributed by atoms with Crippen molar-refractivity contribution in [3.63, 3.8) is 0 Å². The number of carbonyl (C=O) groups excluding carboxylic acids is 1. The van der Waals surface area contributed by atoms with Crippen LogP contribution in [0.2, 0.25) is 0 Å². The van der Waals surface area contributed by atoms with Crippen molar-refractivity contribution in [2.45, 2.75) is 11.9 Å². The molecule has 0 aliphatic carbocycles. The summed E-state index contributed by atoms with van der Waals surface area (Å²) in [5.74, 6) is 0.500. The van der Waals surface area contributed by atoms with Crippen LogP contribution in [0.4, 0.5) is 28.0 Å². The number of benzene rings is 1. The predicted molar refractivity (Wildman–Crippen MR) is 83.3 cm³/mol. The summed E-state index contributed by atoms with van der Waals surface area (Å²) in [6.45, 7) is 0.276. The van der Waals surface area contributed by atoms with E-state index in [0.717, 1.165) is 17.9 Å². The fourth-order valence-corrected chi connectivity index (χ4v) is 2.57. The van der Waals surface area contributed by atoms with E-state index < -0.39 is 29.3 Å². The van der Waals surface area contributed by atoms with Gasteiger partial charge in [0.15, 0.2) is 5.82 Å². The van der Waals surface area contributed by atoms with Crippen LogP contribution in [0.25, 0.3) is 0 Å². The zero-order valence-corrected chi connectivity index (χ0v) is 13.1. The standard InChI is InChI=1S/C15H14F4N2O2S/c16-13-11(15(17,18)19)4-1-5-12(13)21-14(22)20-6-8-24-9-10-3-2-7-23-10/h1-5,7H,6,8-9H2,(H2,20,21,22). The Morgan fingerprint density at radius 3 is 2.67 bits per heavy atom. The summed E-state index contributed by atoms with van der Waals surface area (Å²) >= 11 is 1.51. The van der Waals surface area contributed by atoms with Crippen LogP contribution in [0.1, 0.15) is 11.3 Å². The van der Waals surface area contributed by atoms with Gasteiger partial charge in [-0.05, 0) is 24.3 Å². The molecular weight excluding hydrogens is 348 g/mol. The number of hydrogen-bond donors (Lipinski definition) is 2. The maximum atomic E-state index is 13.8. The van der Waals surface area contributed by atoms with Gasteiger partial charge in [0, 0.05) is 12.3 Å². The molecule has 1 aromatic carbocycles. The summed E-state index contributed by atoms with van der Waals surface area (Å²) in [6.07, 6.45) is -3.26. The molecular formula is C15H14F4N2O2S. The van der Waals surface area contributed by atoms with Crippen molar-refractivity contribution in [2.75, 3.05) is 17.6 Å². The molecule has 1 aromatic heterocycles. The van der Waals surface area contributed by atoms with Crippen LogP contribution in [0.15, 0.2) is 41.0 Å². The monoisotopic (exact) mass is 362 g/mol. The Kier molecular flexibility index (Phi) is 6.13. The molecule has 0 saturated heterocycles. The number of furan rings is 1. The average Bonchev–Trinajstić information content (AvgIpc) is 3.01. The van der Waals surface area contributed by atoms with E-state index in [1.165, 1.54) is 11.8 Å². The van der Waals surface area contributed by atoms with Gasteiger partial charge >= 0.3 is 12.2 Å². The molecule has 0 aliphatic heterocycles. The topological polar surface area (TPSA) is 54.3 Å². The smallest absolute Gasteiger partial charge is 0.419 e. The molecule has 1 heterocycles. The average molecular weight is 362 g/mol. The van der Waals surface area contributed by atoms with Gasteiger partial charge in [0.2, 0.25) is 0 Å². The van der Waals surface area contributed by atoms with Crippen molar-refractivity contribution in [3.05, 3.63) is 53.7 Å². The molecule has 4 nitrogen and oxygen atoms in total. The number of urea groups is 1. The van der Waals surface area contributed by atoms with E-state index in [1.54, 1.807) is 12.3 Å². The highest BCUT2D eigenvalue weighted by Gasteiger charge is 2.35. The molecule has 2 aromatic rings. The lowest BCUT2D eigenvalue weighted by Gasteiger charge is -2.12. The molecule has 0 unspecified atom stereocenters. The highest BCUT2D eigenvalue weighted by Crippen LogP contribution is 2.33. The van der Waals surface area contributed by atoms with E-state index in [1.807, 2.05) is 6.07 Å². The zero-order chi connectivity index (χ0) is 17.6. The van der Waals surface area contributed by atoms with Gasteiger partial charge in [0.1, 0.15) is 5.76 Å². The lowest BCUT2D eigenvalue weighted by molar-refractivity contribution is -0.139. The summed E-state index contributed by atoms with van der Waals surface area (Å²) in [7, 11) is 0. The molecule has 0 aliphatic rings. The van der Waals surface area contributed by atoms with Gasteiger partial charge in [-0.2, -0.15) is 24.9 Å². The van der Waals surface area contributed by atoms with Crippen molar-refractivity contribution in [1.29, 1.82) is 0 Å². The molecule has 24 heavy (non-hydrogen) atoms. The molecule has 2 rings (SSSR count). The van der Waals surface area contributed by atoms with E-state index in [-0.39, 0.29) is 6.54 Å². The molecule has 0 radical (unpaired) electrons. The fraction of sp³-hybridized carbons (Fsp3) is 0.267. The molecule has 9 heteroatoms. The van der Waals surface area contributed by atoms with Gasteiger partial charge in [-0.1, -0.05) is 6.07 Å². The number of halogens is 4. The summed E-state index contributed by atoms with van der Waals surface area (Å²) in [6, 6.07) is 5.53. The Labute approximate surface area is 139 Å². The maximum Gasteiger partial charge on any atom is 0.419 e. The first-order chi connectivity index (χ1) is 11.4. The van der Waals surface area contributed by atoms with Gasteiger partial charge in [0.25, 0.3) is 0 Å². The largest absolute Gasteiger partial charge is 0.468 e. The number of thioether (sulfide) groups is 1. The number of alkyl halides is 3. The SMILES string of the molecule is O=C(NCCSCc1ccco1)Nc1cccc(C(F)(F)F)c1F. The van der Waals surface area contributed by atoms with E-state index in [4.69, 9.17) is 4.42 Å². The van der Waals surface area contributed by atoms with Gasteiger partial charge in [-0.3, -0.25) is 0 Å². The quantitative estimate of drug-likeness (QED) is 0.588. The lowest BCUT2D eigenvalue weighted by atomic mass is 10.2. The van der Waals surface area contributed by atoms with Crippen molar-refractivity contribution in [3.8, 4) is 0 Å². The normalized spacial score (nSPS) is 11.3. The van der Waals surface area contributed by atoms with Gasteiger partial charge < -0.3 is 15.1 Å². The van der Waals surface area contributed by atoms with Gasteiger partial charge in [-0.25, -0.2) is 9.18 Å². The molecule has 130 valence electrons. The predicted octanol–water partition coefficient (Wildman–Crippen LogP) is 4.49. The summed E-state index contributed by atoms with van der Waals surface area (Å²) < 4.78 is 56.7. The van der Waals surface area contributed by atoms with E-state index in [9.17, 15) is 22.4 Å². The molecule has 0 atom stereocenters. The second-order valence-corrected chi connectivity index (χ2v) is 5.78. The van der Waals surface area contributed by atoms with Crippen molar-refractivity contribution in [1.82, 2.24) is 5.32 Å². The molecule has 0 saturated carbocycles. The lowest BCUT2D eigenvalue weighted by Crippen LogP contribution is -2.31. The van der Waals surface area contributed by atoms with Crippen molar-refractivity contribution in [2.24, 2.45) is 0 Å². The van der Waals surface area contributed by atoms with Crippen LogP contribution in [-0.4, -0.2) is 18.3 Å². The third-order valence-corrected chi connectivity index (χ3v) is 3.89. The van der Waals surface area contributed by atoms with Crippen LogP contribution in [0.3, 0.4) is 0 Å². The number of amides is 2. The minimum absolute atomic E-state index is 0.276. The Bertz CT molecular complexity index is 675. The first-order valence-corrected chi connectivity index (χ1v) is 8.04. The van der Waals surface area contributed by atoms with Crippen LogP contribution in [0, 0.1) is 5.82 Å². The molecule has 2 N–H and O–H groups in total. The number of carbonyl (C=O) groups is 1. The maximum absolute atomic E-state index is 13.8. The van der Waals surface area contributed by atoms with E-state index in [0.29, 0.717) is 17.6 Å². The minimum atomic E-state index is -4.82. The van der Waals surface area contributed by atoms with Crippen molar-refractivity contribution < 1.29 is 26.8 Å². The van der Waals surface area contributed by atoms with Crippen LogP contribution in [0.5, 0.6) is 0 Å². The molecule has 0 fully saturated rings. The Morgan fingerprint density at radius 2 is 2.00 bits per heavy atom. The second kappa shape index (κ2) is 8.09. The Balaban J connectivity index is 1.78. The number of nitrogens with one attached hydrogen (secondary N) is 2. The third kappa shape index (κ3) is 5.19. The summed E-state index contributed by atoms with van der Waals surface area (Å²) in [5.41, 5.74) is -1.94. The zero-order valence-electron chi connectivity index (χ0n) is 12.3. The molecule has 2 amide bonds. The Hall–Kier alpha value is -2.16. The molecule has 0 bridgehead atoms. The number of anilines is 1. The third-order valence-electron chi connectivity index (χ3n) is 2.91. The van der Waals surface area contributed by atoms with Gasteiger partial charge in [-0.15, -0.1) is 0 Å². The van der Waals surface area contributed by atoms with E-state index >= 15 is 0 Å². The summed E-state index contributed by atoms with van der Waals surface area (Å²) in [5, 5.41) is 4.52. The number of rotatable bonds is 6. The summed E-state index contributed by atoms with van der Waals surface area (Å²) in [4.78, 5) is 11.6. The van der Waals surface area contributed by atoms with Crippen LogP contribution in [-0.2, 0) is 11.9 Å². The Morgan fingerprint density at radius 1 is 1.21 bits per heavy atom. The van der Waals surface area contributed by atoms with Gasteiger partial charge in [0.05, 0.1) is 23.3 Å². The highest BCUT2D eigenvalue weighted by atomic mass is 32.2. The van der Waals surface area contributed by atoms with Crippen LogP contribution >= 0.6 is 11.8 Å². The second-order valence-electron chi connectivity index (χ2n) is 4.68. The van der Waals surface area contributed by atoms with Crippen LogP contribution < -0.4 is 10.6 Å². The number of hydrogen-bond acceptors (Lipinski definition) is 3. The molecule has 0 spiro atoms. The first-order valence-electron chi connectivity index (χ1n) is 6.88. The fourth-order valence-electron chi connectivity index (χ4n) is 1.82. The minimum Gasteiger partial charge on any atom is -0.468 e. The van der Waals surface area contributed by atoms with Crippen molar-refractivity contribution >= 4 is 23.5 Å². The first kappa shape index (κ1) is 18.2.